The zero-order valence-corrected chi connectivity index (χ0v) is 13.3. The Morgan fingerprint density at radius 2 is 2.30 bits per heavy atom. The molecule has 0 radical (unpaired) electrons. The fourth-order valence-electron chi connectivity index (χ4n) is 3.02. The second kappa shape index (κ2) is 6.57. The zero-order chi connectivity index (χ0) is 14.7. The van der Waals surface area contributed by atoms with E-state index >= 15 is 0 Å². The number of nitrogens with zero attached hydrogens (tertiary/aromatic N) is 1. The molecule has 3 atom stereocenters. The third-order valence-corrected chi connectivity index (χ3v) is 4.94. The number of esters is 1. The Kier molecular flexibility index (Phi) is 5.02. The lowest BCUT2D eigenvalue weighted by Gasteiger charge is -2.36. The van der Waals surface area contributed by atoms with Crippen molar-refractivity contribution in [1.82, 2.24) is 4.57 Å². The molecule has 0 amide bonds. The maximum absolute atomic E-state index is 12.1. The van der Waals surface area contributed by atoms with Gasteiger partial charge in [-0.2, -0.15) is 0 Å². The summed E-state index contributed by atoms with van der Waals surface area (Å²) in [6, 6.07) is 0. The molecule has 112 valence electrons. The first kappa shape index (κ1) is 15.3. The van der Waals surface area contributed by atoms with Gasteiger partial charge in [0, 0.05) is 11.6 Å². The average Bonchev–Trinajstić information content (AvgIpc) is 2.74. The van der Waals surface area contributed by atoms with Crippen molar-refractivity contribution >= 4 is 17.3 Å². The smallest absolute Gasteiger partial charge is 0.326 e. The first-order valence-electron chi connectivity index (χ1n) is 7.35. The van der Waals surface area contributed by atoms with E-state index in [9.17, 15) is 4.79 Å². The van der Waals surface area contributed by atoms with Crippen LogP contribution in [0.2, 0.25) is 0 Å². The van der Waals surface area contributed by atoms with Crippen molar-refractivity contribution < 1.29 is 9.53 Å². The van der Waals surface area contributed by atoms with Crippen molar-refractivity contribution in [3.8, 4) is 0 Å². The highest BCUT2D eigenvalue weighted by atomic mass is 32.1. The van der Waals surface area contributed by atoms with Crippen molar-refractivity contribution in [3.05, 3.63) is 16.4 Å². The number of nitrogens with one attached hydrogen (secondary N) is 1. The van der Waals surface area contributed by atoms with Gasteiger partial charge in [0.15, 0.2) is 4.80 Å². The minimum Gasteiger partial charge on any atom is -0.461 e. The number of hydrogen-bond donors (Lipinski definition) is 1. The van der Waals surface area contributed by atoms with Crippen LogP contribution in [-0.2, 0) is 16.1 Å². The van der Waals surface area contributed by atoms with Crippen LogP contribution in [0.1, 0.15) is 40.0 Å². The average molecular weight is 296 g/mol. The van der Waals surface area contributed by atoms with Gasteiger partial charge in [-0.3, -0.25) is 10.2 Å². The standard InChI is InChI=1S/C15H24N2O2S/c1-10(2)12-5-4-11(3)8-13(12)19-14(18)9-17-6-7-20-15(17)16/h6-7,10-13,16H,4-5,8-9H2,1-3H3/t11-,12-,13-/m1/s1. The van der Waals surface area contributed by atoms with Crippen molar-refractivity contribution in [3.63, 3.8) is 0 Å². The van der Waals surface area contributed by atoms with E-state index in [0.717, 1.165) is 12.8 Å². The monoisotopic (exact) mass is 296 g/mol. The van der Waals surface area contributed by atoms with Crippen LogP contribution >= 0.6 is 11.3 Å². The number of aromatic nitrogens is 1. The highest BCUT2D eigenvalue weighted by Crippen LogP contribution is 2.35. The van der Waals surface area contributed by atoms with Crippen LogP contribution in [0, 0.1) is 23.2 Å². The van der Waals surface area contributed by atoms with Crippen LogP contribution in [0.25, 0.3) is 0 Å². The molecule has 1 aromatic heterocycles. The normalized spacial score (nSPS) is 26.7. The van der Waals surface area contributed by atoms with Gasteiger partial charge < -0.3 is 9.30 Å². The molecule has 1 aliphatic rings. The Labute approximate surface area is 124 Å². The SMILES string of the molecule is CC(C)[C@H]1CC[C@@H](C)C[C@H]1OC(=O)Cn1ccsc1=N. The van der Waals surface area contributed by atoms with Gasteiger partial charge in [-0.15, -0.1) is 11.3 Å². The van der Waals surface area contributed by atoms with Gasteiger partial charge in [0.25, 0.3) is 0 Å². The van der Waals surface area contributed by atoms with Gasteiger partial charge in [-0.1, -0.05) is 27.2 Å². The van der Waals surface area contributed by atoms with Gasteiger partial charge in [-0.25, -0.2) is 0 Å². The van der Waals surface area contributed by atoms with Gasteiger partial charge in [-0.05, 0) is 30.6 Å². The van der Waals surface area contributed by atoms with E-state index in [0.29, 0.717) is 22.6 Å². The summed E-state index contributed by atoms with van der Waals surface area (Å²) in [7, 11) is 0. The van der Waals surface area contributed by atoms with E-state index in [1.807, 2.05) is 5.38 Å². The molecule has 0 saturated heterocycles. The molecule has 0 bridgehead atoms. The number of carbonyl (C=O) groups is 1. The summed E-state index contributed by atoms with van der Waals surface area (Å²) >= 11 is 1.32. The molecular formula is C15H24N2O2S. The summed E-state index contributed by atoms with van der Waals surface area (Å²) in [5, 5.41) is 9.49. The molecule has 0 aromatic carbocycles. The highest BCUT2D eigenvalue weighted by molar-refractivity contribution is 7.06. The molecule has 0 unspecified atom stereocenters. The summed E-state index contributed by atoms with van der Waals surface area (Å²) in [5.41, 5.74) is 0. The maximum atomic E-state index is 12.1. The summed E-state index contributed by atoms with van der Waals surface area (Å²) in [6.07, 6.45) is 5.15. The van der Waals surface area contributed by atoms with Gasteiger partial charge in [0.2, 0.25) is 0 Å². The molecule has 2 rings (SSSR count). The molecule has 1 fully saturated rings. The Bertz CT molecular complexity index is 506. The topological polar surface area (TPSA) is 55.1 Å². The van der Waals surface area contributed by atoms with Gasteiger partial charge in [0.05, 0.1) is 0 Å². The van der Waals surface area contributed by atoms with E-state index in [1.165, 1.54) is 17.8 Å². The number of rotatable bonds is 4. The number of carbonyl (C=O) groups excluding carboxylic acids is 1. The molecule has 4 nitrogen and oxygen atoms in total. The molecule has 5 heteroatoms. The Morgan fingerprint density at radius 3 is 2.90 bits per heavy atom. The molecular weight excluding hydrogens is 272 g/mol. The Morgan fingerprint density at radius 1 is 1.55 bits per heavy atom. The van der Waals surface area contributed by atoms with Crippen molar-refractivity contribution in [2.75, 3.05) is 0 Å². The number of hydrogen-bond acceptors (Lipinski definition) is 4. The van der Waals surface area contributed by atoms with E-state index in [1.54, 1.807) is 10.8 Å². The van der Waals surface area contributed by atoms with E-state index in [-0.39, 0.29) is 18.6 Å². The van der Waals surface area contributed by atoms with Gasteiger partial charge in [0.1, 0.15) is 12.6 Å². The molecule has 20 heavy (non-hydrogen) atoms. The summed E-state index contributed by atoms with van der Waals surface area (Å²) < 4.78 is 7.35. The molecule has 1 aromatic rings. The van der Waals surface area contributed by atoms with Crippen molar-refractivity contribution in [2.45, 2.75) is 52.7 Å². The summed E-state index contributed by atoms with van der Waals surface area (Å²) in [6.45, 7) is 6.79. The third kappa shape index (κ3) is 3.72. The largest absolute Gasteiger partial charge is 0.461 e. The summed E-state index contributed by atoms with van der Waals surface area (Å²) in [5.74, 6) is 1.42. The Hall–Kier alpha value is -1.10. The second-order valence-corrected chi connectivity index (χ2v) is 7.09. The van der Waals surface area contributed by atoms with Crippen LogP contribution in [0.3, 0.4) is 0 Å². The quantitative estimate of drug-likeness (QED) is 0.868. The molecule has 1 N–H and O–H groups in total. The first-order valence-corrected chi connectivity index (χ1v) is 8.23. The van der Waals surface area contributed by atoms with E-state index in [2.05, 4.69) is 20.8 Å². The minimum atomic E-state index is -0.216. The maximum Gasteiger partial charge on any atom is 0.326 e. The lowest BCUT2D eigenvalue weighted by atomic mass is 9.75. The van der Waals surface area contributed by atoms with E-state index in [4.69, 9.17) is 10.1 Å². The highest BCUT2D eigenvalue weighted by Gasteiger charge is 2.33. The third-order valence-electron chi connectivity index (χ3n) is 4.22. The minimum absolute atomic E-state index is 0.0414. The second-order valence-electron chi connectivity index (χ2n) is 6.19. The van der Waals surface area contributed by atoms with Crippen LogP contribution in [0.5, 0.6) is 0 Å². The van der Waals surface area contributed by atoms with Crippen molar-refractivity contribution in [2.24, 2.45) is 17.8 Å². The van der Waals surface area contributed by atoms with Crippen LogP contribution in [0.4, 0.5) is 0 Å². The lowest BCUT2D eigenvalue weighted by molar-refractivity contribution is -0.156. The lowest BCUT2D eigenvalue weighted by Crippen LogP contribution is -2.37. The molecule has 0 aliphatic heterocycles. The zero-order valence-electron chi connectivity index (χ0n) is 12.5. The number of ether oxygens (including phenoxy) is 1. The molecule has 1 aliphatic carbocycles. The fourth-order valence-corrected chi connectivity index (χ4v) is 3.62. The predicted molar refractivity (Wildman–Crippen MR) is 79.4 cm³/mol. The van der Waals surface area contributed by atoms with Crippen LogP contribution < -0.4 is 4.80 Å². The van der Waals surface area contributed by atoms with E-state index < -0.39 is 0 Å². The van der Waals surface area contributed by atoms with Crippen LogP contribution in [-0.4, -0.2) is 16.6 Å². The number of thiazole rings is 1. The molecule has 0 spiro atoms. The Balaban J connectivity index is 1.97. The van der Waals surface area contributed by atoms with Crippen LogP contribution in [0.15, 0.2) is 11.6 Å². The molecule has 1 saturated carbocycles. The fraction of sp³-hybridized carbons (Fsp3) is 0.733. The first-order chi connectivity index (χ1) is 9.47. The predicted octanol–water partition coefficient (Wildman–Crippen LogP) is 3.03. The van der Waals surface area contributed by atoms with Gasteiger partial charge >= 0.3 is 5.97 Å². The summed E-state index contributed by atoms with van der Waals surface area (Å²) in [4.78, 5) is 12.5. The van der Waals surface area contributed by atoms with Crippen molar-refractivity contribution in [1.29, 1.82) is 5.41 Å². The molecule has 1 heterocycles.